The molecule has 2 aromatic carbocycles. The van der Waals surface area contributed by atoms with Crippen LogP contribution in [0.1, 0.15) is 50.0 Å². The standard InChI is InChI=1S/C26H33N3O2/c1-31-22-13-11-21(12-14-22)29-19-27-25(30)26(29)15-17-28(18-16-26)24-10-6-5-9-23(24)20-7-3-2-4-8-20/h2-4,7-8,11-14,23-24H,5-6,9-10,15-19H2,1H3,(H,27,30)/t23-,24-/m0/s1. The average Bonchev–Trinajstić information content (AvgIpc) is 3.15. The van der Waals surface area contributed by atoms with Gasteiger partial charge in [0.2, 0.25) is 5.91 Å². The fourth-order valence-electron chi connectivity index (χ4n) is 6.05. The Morgan fingerprint density at radius 1 is 0.968 bits per heavy atom. The van der Waals surface area contributed by atoms with Crippen LogP contribution in [0, 0.1) is 0 Å². The number of carbonyl (C=O) groups is 1. The number of likely N-dealkylation sites (tertiary alicyclic amines) is 1. The zero-order chi connectivity index (χ0) is 21.3. The molecule has 1 N–H and O–H groups in total. The van der Waals surface area contributed by atoms with Crippen LogP contribution in [-0.2, 0) is 4.79 Å². The predicted molar refractivity (Wildman–Crippen MR) is 123 cm³/mol. The fraction of sp³-hybridized carbons (Fsp3) is 0.500. The quantitative estimate of drug-likeness (QED) is 0.809. The van der Waals surface area contributed by atoms with Crippen LogP contribution in [0.3, 0.4) is 0 Å². The van der Waals surface area contributed by atoms with Gasteiger partial charge in [-0.3, -0.25) is 9.69 Å². The maximum atomic E-state index is 13.0. The molecule has 5 heteroatoms. The molecule has 0 aromatic heterocycles. The Morgan fingerprint density at radius 2 is 1.68 bits per heavy atom. The van der Waals surface area contributed by atoms with Crippen molar-refractivity contribution in [3.8, 4) is 5.75 Å². The molecule has 0 unspecified atom stereocenters. The van der Waals surface area contributed by atoms with Gasteiger partial charge in [-0.2, -0.15) is 0 Å². The first-order chi connectivity index (χ1) is 15.2. The molecule has 1 aliphatic carbocycles. The van der Waals surface area contributed by atoms with Gasteiger partial charge in [0.25, 0.3) is 0 Å². The number of anilines is 1. The highest BCUT2D eigenvalue weighted by Gasteiger charge is 2.51. The smallest absolute Gasteiger partial charge is 0.247 e. The minimum absolute atomic E-state index is 0.186. The molecule has 2 heterocycles. The maximum absolute atomic E-state index is 13.0. The Kier molecular flexibility index (Phi) is 5.61. The van der Waals surface area contributed by atoms with Gasteiger partial charge in [0.05, 0.1) is 13.8 Å². The summed E-state index contributed by atoms with van der Waals surface area (Å²) >= 11 is 0. The first kappa shape index (κ1) is 20.4. The van der Waals surface area contributed by atoms with E-state index in [2.05, 4.69) is 57.6 Å². The van der Waals surface area contributed by atoms with Crippen molar-refractivity contribution in [2.45, 2.75) is 56.0 Å². The van der Waals surface area contributed by atoms with Gasteiger partial charge in [0, 0.05) is 24.8 Å². The number of hydrogen-bond acceptors (Lipinski definition) is 4. The molecule has 2 saturated heterocycles. The molecule has 2 atom stereocenters. The van der Waals surface area contributed by atoms with E-state index >= 15 is 0 Å². The minimum atomic E-state index is -0.429. The van der Waals surface area contributed by atoms with Crippen LogP contribution in [0.25, 0.3) is 0 Å². The van der Waals surface area contributed by atoms with E-state index < -0.39 is 5.54 Å². The molecule has 1 amide bonds. The first-order valence-corrected chi connectivity index (χ1v) is 11.7. The van der Waals surface area contributed by atoms with Gasteiger partial charge in [-0.25, -0.2) is 0 Å². The molecule has 1 spiro atoms. The SMILES string of the molecule is COc1ccc(N2CNC(=O)C23CCN([C@H]2CCCC[C@H]2c2ccccc2)CC3)cc1. The molecule has 164 valence electrons. The van der Waals surface area contributed by atoms with E-state index in [4.69, 9.17) is 4.74 Å². The number of nitrogens with zero attached hydrogens (tertiary/aromatic N) is 2. The van der Waals surface area contributed by atoms with E-state index in [0.717, 1.165) is 37.4 Å². The molecule has 0 bridgehead atoms. The zero-order valence-electron chi connectivity index (χ0n) is 18.4. The summed E-state index contributed by atoms with van der Waals surface area (Å²) in [5.41, 5.74) is 2.14. The molecule has 2 aromatic rings. The number of nitrogens with one attached hydrogen (secondary N) is 1. The third-order valence-electron chi connectivity index (χ3n) is 7.77. The van der Waals surface area contributed by atoms with E-state index in [1.807, 2.05) is 12.1 Å². The number of piperidine rings is 1. The van der Waals surface area contributed by atoms with Crippen molar-refractivity contribution in [2.24, 2.45) is 0 Å². The van der Waals surface area contributed by atoms with Crippen molar-refractivity contribution >= 4 is 11.6 Å². The predicted octanol–water partition coefficient (Wildman–Crippen LogP) is 4.15. The molecule has 3 fully saturated rings. The number of benzene rings is 2. The zero-order valence-corrected chi connectivity index (χ0v) is 18.4. The fourth-order valence-corrected chi connectivity index (χ4v) is 6.05. The van der Waals surface area contributed by atoms with Gasteiger partial charge in [-0.15, -0.1) is 0 Å². The molecular formula is C26H33N3O2. The second-order valence-corrected chi connectivity index (χ2v) is 9.23. The summed E-state index contributed by atoms with van der Waals surface area (Å²) < 4.78 is 5.31. The number of ether oxygens (including phenoxy) is 1. The summed E-state index contributed by atoms with van der Waals surface area (Å²) in [7, 11) is 1.68. The van der Waals surface area contributed by atoms with Gasteiger partial charge in [-0.1, -0.05) is 43.2 Å². The Hall–Kier alpha value is -2.53. The number of amides is 1. The third-order valence-corrected chi connectivity index (χ3v) is 7.77. The largest absolute Gasteiger partial charge is 0.497 e. The number of hydrogen-bond donors (Lipinski definition) is 1. The van der Waals surface area contributed by atoms with Crippen molar-refractivity contribution in [3.63, 3.8) is 0 Å². The van der Waals surface area contributed by atoms with Crippen LogP contribution in [0.15, 0.2) is 54.6 Å². The lowest BCUT2D eigenvalue weighted by molar-refractivity contribution is -0.125. The molecule has 0 radical (unpaired) electrons. The van der Waals surface area contributed by atoms with Gasteiger partial charge in [0.15, 0.2) is 0 Å². The Balaban J connectivity index is 1.33. The van der Waals surface area contributed by atoms with E-state index in [0.29, 0.717) is 18.6 Å². The Morgan fingerprint density at radius 3 is 2.39 bits per heavy atom. The summed E-state index contributed by atoms with van der Waals surface area (Å²) in [6, 6.07) is 19.7. The van der Waals surface area contributed by atoms with E-state index in [9.17, 15) is 4.79 Å². The highest BCUT2D eigenvalue weighted by Crippen LogP contribution is 2.41. The average molecular weight is 420 g/mol. The monoisotopic (exact) mass is 419 g/mol. The number of carbonyl (C=O) groups excluding carboxylic acids is 1. The second kappa shape index (κ2) is 8.54. The summed E-state index contributed by atoms with van der Waals surface area (Å²) in [4.78, 5) is 18.0. The molecule has 1 saturated carbocycles. The Labute approximate surface area is 185 Å². The van der Waals surface area contributed by atoms with Crippen molar-refractivity contribution in [1.29, 1.82) is 0 Å². The van der Waals surface area contributed by atoms with Crippen LogP contribution in [0.5, 0.6) is 5.75 Å². The summed E-state index contributed by atoms with van der Waals surface area (Å²) in [5.74, 6) is 1.64. The molecule has 31 heavy (non-hydrogen) atoms. The van der Waals surface area contributed by atoms with Gasteiger partial charge in [-0.05, 0) is 61.4 Å². The van der Waals surface area contributed by atoms with Gasteiger partial charge < -0.3 is 15.0 Å². The normalized spacial score (nSPS) is 26.1. The molecule has 5 nitrogen and oxygen atoms in total. The molecular weight excluding hydrogens is 386 g/mol. The summed E-state index contributed by atoms with van der Waals surface area (Å²) in [6.45, 7) is 2.55. The lowest BCUT2D eigenvalue weighted by Crippen LogP contribution is -2.58. The molecule has 2 aliphatic heterocycles. The second-order valence-electron chi connectivity index (χ2n) is 9.23. The van der Waals surface area contributed by atoms with Crippen LogP contribution in [-0.4, -0.2) is 49.3 Å². The first-order valence-electron chi connectivity index (χ1n) is 11.7. The minimum Gasteiger partial charge on any atom is -0.497 e. The van der Waals surface area contributed by atoms with Crippen molar-refractivity contribution < 1.29 is 9.53 Å². The number of methoxy groups -OCH3 is 1. The highest BCUT2D eigenvalue weighted by molar-refractivity contribution is 5.93. The van der Waals surface area contributed by atoms with E-state index in [1.54, 1.807) is 7.11 Å². The topological polar surface area (TPSA) is 44.8 Å². The van der Waals surface area contributed by atoms with Crippen LogP contribution in [0.2, 0.25) is 0 Å². The van der Waals surface area contributed by atoms with Crippen molar-refractivity contribution in [3.05, 3.63) is 60.2 Å². The molecule has 3 aliphatic rings. The maximum Gasteiger partial charge on any atom is 0.247 e. The number of rotatable bonds is 4. The Bertz CT molecular complexity index is 891. The van der Waals surface area contributed by atoms with Gasteiger partial charge in [0.1, 0.15) is 11.3 Å². The van der Waals surface area contributed by atoms with E-state index in [1.165, 1.54) is 31.2 Å². The van der Waals surface area contributed by atoms with Crippen LogP contribution in [0.4, 0.5) is 5.69 Å². The van der Waals surface area contributed by atoms with Gasteiger partial charge >= 0.3 is 0 Å². The van der Waals surface area contributed by atoms with Crippen molar-refractivity contribution in [2.75, 3.05) is 31.8 Å². The lowest BCUT2D eigenvalue weighted by atomic mass is 9.77. The third kappa shape index (κ3) is 3.69. The molecule has 5 rings (SSSR count). The summed E-state index contributed by atoms with van der Waals surface area (Å²) in [6.07, 6.45) is 6.93. The van der Waals surface area contributed by atoms with Crippen LogP contribution < -0.4 is 15.0 Å². The van der Waals surface area contributed by atoms with E-state index in [-0.39, 0.29) is 5.91 Å². The van der Waals surface area contributed by atoms with Crippen molar-refractivity contribution in [1.82, 2.24) is 10.2 Å². The lowest BCUT2D eigenvalue weighted by Gasteiger charge is -2.48. The van der Waals surface area contributed by atoms with Crippen LogP contribution >= 0.6 is 0 Å². The summed E-state index contributed by atoms with van der Waals surface area (Å²) in [5, 5.41) is 3.12. The highest BCUT2D eigenvalue weighted by atomic mass is 16.5.